The number of benzene rings is 1. The lowest BCUT2D eigenvalue weighted by atomic mass is 10.0. The molecule has 2 rings (SSSR count). The topological polar surface area (TPSA) is 44.1 Å². The van der Waals surface area contributed by atoms with Crippen molar-refractivity contribution in [1.82, 2.24) is 4.90 Å². The molecule has 1 atom stereocenters. The highest BCUT2D eigenvalue weighted by atomic mass is 16.1. The lowest BCUT2D eigenvalue weighted by Crippen LogP contribution is -2.20. The molecular weight excluding hydrogens is 188 g/mol. The van der Waals surface area contributed by atoms with E-state index in [4.69, 9.17) is 5.26 Å². The molecule has 1 aliphatic rings. The van der Waals surface area contributed by atoms with Crippen LogP contribution in [-0.2, 0) is 4.79 Å². The molecule has 0 bridgehead atoms. The standard InChI is InChI=1S/C12H12N2O/c13-8-10-3-5-11(6-4-10)12-2-1-7-14(12)9-15/h3-6,9,12H,1-2,7H2. The van der Waals surface area contributed by atoms with E-state index in [1.165, 1.54) is 0 Å². The van der Waals surface area contributed by atoms with Gasteiger partial charge in [0, 0.05) is 6.54 Å². The fourth-order valence-corrected chi connectivity index (χ4v) is 2.05. The van der Waals surface area contributed by atoms with Gasteiger partial charge in [0.05, 0.1) is 17.7 Å². The summed E-state index contributed by atoms with van der Waals surface area (Å²) in [6.45, 7) is 0.841. The summed E-state index contributed by atoms with van der Waals surface area (Å²) < 4.78 is 0. The second kappa shape index (κ2) is 4.14. The van der Waals surface area contributed by atoms with Crippen LogP contribution in [0.4, 0.5) is 0 Å². The second-order valence-electron chi connectivity index (χ2n) is 3.74. The smallest absolute Gasteiger partial charge is 0.210 e. The van der Waals surface area contributed by atoms with Gasteiger partial charge in [-0.1, -0.05) is 12.1 Å². The van der Waals surface area contributed by atoms with Crippen LogP contribution in [0.5, 0.6) is 0 Å². The zero-order valence-corrected chi connectivity index (χ0v) is 8.39. The highest BCUT2D eigenvalue weighted by Crippen LogP contribution is 2.30. The van der Waals surface area contributed by atoms with Gasteiger partial charge < -0.3 is 4.90 Å². The minimum absolute atomic E-state index is 0.204. The van der Waals surface area contributed by atoms with E-state index in [1.54, 1.807) is 12.1 Å². The molecule has 0 aromatic heterocycles. The number of nitriles is 1. The SMILES string of the molecule is N#Cc1ccc(C2CCCN2C=O)cc1. The Bertz CT molecular complexity index is 391. The highest BCUT2D eigenvalue weighted by Gasteiger charge is 2.24. The minimum atomic E-state index is 0.204. The maximum absolute atomic E-state index is 10.8. The molecular formula is C12H12N2O. The van der Waals surface area contributed by atoms with Crippen LogP contribution in [0.3, 0.4) is 0 Å². The molecule has 3 nitrogen and oxygen atoms in total. The van der Waals surface area contributed by atoms with Crippen LogP contribution in [0.1, 0.15) is 30.0 Å². The van der Waals surface area contributed by atoms with E-state index < -0.39 is 0 Å². The van der Waals surface area contributed by atoms with Gasteiger partial charge in [-0.2, -0.15) is 5.26 Å². The molecule has 1 aromatic rings. The lowest BCUT2D eigenvalue weighted by molar-refractivity contribution is -0.118. The summed E-state index contributed by atoms with van der Waals surface area (Å²) in [5.41, 5.74) is 1.79. The largest absolute Gasteiger partial charge is 0.338 e. The van der Waals surface area contributed by atoms with Gasteiger partial charge in [-0.3, -0.25) is 4.79 Å². The molecule has 0 aliphatic carbocycles. The molecule has 0 spiro atoms. The van der Waals surface area contributed by atoms with Crippen molar-refractivity contribution < 1.29 is 4.79 Å². The van der Waals surface area contributed by atoms with Gasteiger partial charge in [0.1, 0.15) is 0 Å². The van der Waals surface area contributed by atoms with Crippen LogP contribution in [0.25, 0.3) is 0 Å². The first-order valence-electron chi connectivity index (χ1n) is 5.06. The molecule has 15 heavy (non-hydrogen) atoms. The van der Waals surface area contributed by atoms with Crippen molar-refractivity contribution in [3.8, 4) is 6.07 Å². The number of amides is 1. The predicted molar refractivity (Wildman–Crippen MR) is 55.9 cm³/mol. The number of carbonyl (C=O) groups is 1. The maximum atomic E-state index is 10.8. The van der Waals surface area contributed by atoms with Gasteiger partial charge in [-0.15, -0.1) is 0 Å². The van der Waals surface area contributed by atoms with E-state index in [1.807, 2.05) is 17.0 Å². The van der Waals surface area contributed by atoms with Crippen molar-refractivity contribution in [3.05, 3.63) is 35.4 Å². The van der Waals surface area contributed by atoms with Gasteiger partial charge in [-0.05, 0) is 30.5 Å². The summed E-state index contributed by atoms with van der Waals surface area (Å²) in [6, 6.07) is 9.77. The Balaban J connectivity index is 2.22. The van der Waals surface area contributed by atoms with Gasteiger partial charge in [-0.25, -0.2) is 0 Å². The molecule has 0 N–H and O–H groups in total. The second-order valence-corrected chi connectivity index (χ2v) is 3.74. The zero-order valence-electron chi connectivity index (χ0n) is 8.39. The first-order chi connectivity index (χ1) is 7.35. The Morgan fingerprint density at radius 3 is 2.73 bits per heavy atom. The third-order valence-corrected chi connectivity index (χ3v) is 2.85. The monoisotopic (exact) mass is 200 g/mol. The number of rotatable bonds is 2. The predicted octanol–water partition coefficient (Wildman–Crippen LogP) is 1.85. The van der Waals surface area contributed by atoms with Crippen LogP contribution >= 0.6 is 0 Å². The molecule has 1 amide bonds. The van der Waals surface area contributed by atoms with Crippen molar-refractivity contribution in [2.75, 3.05) is 6.54 Å². The Labute approximate surface area is 88.9 Å². The number of likely N-dealkylation sites (tertiary alicyclic amines) is 1. The Morgan fingerprint density at radius 2 is 2.13 bits per heavy atom. The van der Waals surface area contributed by atoms with Crippen LogP contribution in [0.15, 0.2) is 24.3 Å². The van der Waals surface area contributed by atoms with Crippen molar-refractivity contribution in [1.29, 1.82) is 5.26 Å². The molecule has 76 valence electrons. The normalized spacial score (nSPS) is 19.9. The lowest BCUT2D eigenvalue weighted by Gasteiger charge is -2.20. The molecule has 1 heterocycles. The average molecular weight is 200 g/mol. The summed E-state index contributed by atoms with van der Waals surface area (Å²) in [6.07, 6.45) is 2.99. The van der Waals surface area contributed by atoms with Crippen molar-refractivity contribution in [2.45, 2.75) is 18.9 Å². The Kier molecular flexibility index (Phi) is 2.68. The van der Waals surface area contributed by atoms with Gasteiger partial charge in [0.25, 0.3) is 0 Å². The summed E-state index contributed by atoms with van der Waals surface area (Å²) in [5.74, 6) is 0. The molecule has 1 aromatic carbocycles. The molecule has 0 radical (unpaired) electrons. The first kappa shape index (κ1) is 9.72. The third-order valence-electron chi connectivity index (χ3n) is 2.85. The van der Waals surface area contributed by atoms with E-state index in [0.29, 0.717) is 5.56 Å². The van der Waals surface area contributed by atoms with E-state index in [0.717, 1.165) is 31.4 Å². The fraction of sp³-hybridized carbons (Fsp3) is 0.333. The van der Waals surface area contributed by atoms with Crippen LogP contribution < -0.4 is 0 Å². The summed E-state index contributed by atoms with van der Waals surface area (Å²) in [4.78, 5) is 12.6. The molecule has 3 heteroatoms. The van der Waals surface area contributed by atoms with Gasteiger partial charge in [0.2, 0.25) is 6.41 Å². The van der Waals surface area contributed by atoms with Gasteiger partial charge >= 0.3 is 0 Å². The van der Waals surface area contributed by atoms with E-state index in [2.05, 4.69) is 6.07 Å². The highest BCUT2D eigenvalue weighted by molar-refractivity contribution is 5.49. The van der Waals surface area contributed by atoms with E-state index >= 15 is 0 Å². The first-order valence-corrected chi connectivity index (χ1v) is 5.06. The van der Waals surface area contributed by atoms with Gasteiger partial charge in [0.15, 0.2) is 0 Å². The summed E-state index contributed by atoms with van der Waals surface area (Å²) in [7, 11) is 0. The molecule has 1 aliphatic heterocycles. The maximum Gasteiger partial charge on any atom is 0.210 e. The molecule has 1 unspecified atom stereocenters. The van der Waals surface area contributed by atoms with Crippen molar-refractivity contribution in [2.24, 2.45) is 0 Å². The van der Waals surface area contributed by atoms with Crippen LogP contribution in [0.2, 0.25) is 0 Å². The minimum Gasteiger partial charge on any atom is -0.338 e. The zero-order chi connectivity index (χ0) is 10.7. The number of nitrogens with zero attached hydrogens (tertiary/aromatic N) is 2. The summed E-state index contributed by atoms with van der Waals surface area (Å²) >= 11 is 0. The number of hydrogen-bond acceptors (Lipinski definition) is 2. The summed E-state index contributed by atoms with van der Waals surface area (Å²) in [5, 5.41) is 8.68. The van der Waals surface area contributed by atoms with E-state index in [9.17, 15) is 4.79 Å². The quantitative estimate of drug-likeness (QED) is 0.684. The van der Waals surface area contributed by atoms with Crippen molar-refractivity contribution >= 4 is 6.41 Å². The fourth-order valence-electron chi connectivity index (χ4n) is 2.05. The Morgan fingerprint density at radius 1 is 1.40 bits per heavy atom. The number of carbonyl (C=O) groups excluding carboxylic acids is 1. The molecule has 1 fully saturated rings. The molecule has 1 saturated heterocycles. The third kappa shape index (κ3) is 1.84. The van der Waals surface area contributed by atoms with Crippen LogP contribution in [-0.4, -0.2) is 17.9 Å². The van der Waals surface area contributed by atoms with E-state index in [-0.39, 0.29) is 6.04 Å². The van der Waals surface area contributed by atoms with Crippen molar-refractivity contribution in [3.63, 3.8) is 0 Å². The molecule has 0 saturated carbocycles. The Hall–Kier alpha value is -1.82. The average Bonchev–Trinajstić information content (AvgIpc) is 2.77. The van der Waals surface area contributed by atoms with Crippen LogP contribution in [0, 0.1) is 11.3 Å². The number of hydrogen-bond donors (Lipinski definition) is 0.